The number of amides is 2. The van der Waals surface area contributed by atoms with Gasteiger partial charge in [-0.25, -0.2) is 8.78 Å². The molecular weight excluding hydrogens is 418 g/mol. The van der Waals surface area contributed by atoms with E-state index in [2.05, 4.69) is 5.32 Å². The van der Waals surface area contributed by atoms with Gasteiger partial charge >= 0.3 is 0 Å². The summed E-state index contributed by atoms with van der Waals surface area (Å²) in [5.41, 5.74) is 0.245. The fourth-order valence-corrected chi connectivity index (χ4v) is 4.02. The number of hydrogen-bond acceptors (Lipinski definition) is 4. The molecule has 166 valence electrons. The van der Waals surface area contributed by atoms with E-state index in [0.717, 1.165) is 17.5 Å². The van der Waals surface area contributed by atoms with Crippen molar-refractivity contribution in [2.75, 3.05) is 13.1 Å². The van der Waals surface area contributed by atoms with Crippen molar-refractivity contribution < 1.29 is 28.6 Å². The number of aliphatic hydroxyl groups excluding tert-OH is 1. The van der Waals surface area contributed by atoms with Gasteiger partial charge in [0.25, 0.3) is 5.91 Å². The average molecular weight is 440 g/mol. The summed E-state index contributed by atoms with van der Waals surface area (Å²) in [5, 5.41) is 24.7. The molecule has 1 heterocycles. The van der Waals surface area contributed by atoms with Gasteiger partial charge in [-0.1, -0.05) is 36.4 Å². The van der Waals surface area contributed by atoms with Crippen molar-refractivity contribution in [2.24, 2.45) is 0 Å². The Kier molecular flexibility index (Phi) is 6.05. The molecule has 6 nitrogen and oxygen atoms in total. The van der Waals surface area contributed by atoms with Gasteiger partial charge in [0.2, 0.25) is 5.91 Å². The highest BCUT2D eigenvalue weighted by atomic mass is 19.2. The van der Waals surface area contributed by atoms with E-state index < -0.39 is 35.6 Å². The van der Waals surface area contributed by atoms with Crippen LogP contribution in [0.25, 0.3) is 10.8 Å². The molecule has 1 fully saturated rings. The second-order valence-corrected chi connectivity index (χ2v) is 7.77. The lowest BCUT2D eigenvalue weighted by molar-refractivity contribution is -0.125. The fraction of sp³-hybridized carbons (Fsp3) is 0.250. The number of phenolic OH excluding ortho intramolecular Hbond substituents is 1. The normalized spacial score (nSPS) is 16.8. The van der Waals surface area contributed by atoms with E-state index in [0.29, 0.717) is 24.8 Å². The van der Waals surface area contributed by atoms with E-state index in [1.807, 2.05) is 12.1 Å². The van der Waals surface area contributed by atoms with E-state index >= 15 is 0 Å². The van der Waals surface area contributed by atoms with Gasteiger partial charge in [-0.15, -0.1) is 0 Å². The Morgan fingerprint density at radius 2 is 1.88 bits per heavy atom. The summed E-state index contributed by atoms with van der Waals surface area (Å²) in [4.78, 5) is 27.3. The Morgan fingerprint density at radius 1 is 1.09 bits per heavy atom. The number of aromatic hydroxyl groups is 1. The minimum Gasteiger partial charge on any atom is -0.506 e. The number of carbonyl (C=O) groups excluding carboxylic acids is 2. The first-order valence-electron chi connectivity index (χ1n) is 10.3. The third kappa shape index (κ3) is 4.13. The molecule has 3 aromatic rings. The number of benzene rings is 3. The number of hydrogen-bond donors (Lipinski definition) is 3. The minimum absolute atomic E-state index is 0.116. The molecule has 1 aliphatic rings. The number of rotatable bonds is 5. The molecule has 2 amide bonds. The predicted octanol–water partition coefficient (Wildman–Crippen LogP) is 3.28. The lowest BCUT2D eigenvalue weighted by Crippen LogP contribution is -2.46. The van der Waals surface area contributed by atoms with E-state index in [9.17, 15) is 28.6 Å². The summed E-state index contributed by atoms with van der Waals surface area (Å²) < 4.78 is 26.4. The van der Waals surface area contributed by atoms with Crippen LogP contribution in [0.15, 0.2) is 54.6 Å². The van der Waals surface area contributed by atoms with Crippen molar-refractivity contribution in [3.05, 3.63) is 77.4 Å². The summed E-state index contributed by atoms with van der Waals surface area (Å²) >= 11 is 0. The Bertz CT molecular complexity index is 1180. The number of nitrogens with one attached hydrogen (secondary N) is 1. The van der Waals surface area contributed by atoms with Gasteiger partial charge in [0, 0.05) is 18.5 Å². The van der Waals surface area contributed by atoms with Crippen molar-refractivity contribution in [2.45, 2.75) is 25.0 Å². The Balaban J connectivity index is 1.46. The number of fused-ring (bicyclic) bond motifs is 1. The highest BCUT2D eigenvalue weighted by Gasteiger charge is 2.35. The average Bonchev–Trinajstić information content (AvgIpc) is 3.29. The first-order valence-corrected chi connectivity index (χ1v) is 10.3. The van der Waals surface area contributed by atoms with Crippen LogP contribution in [0.2, 0.25) is 0 Å². The van der Waals surface area contributed by atoms with Gasteiger partial charge in [-0.05, 0) is 42.0 Å². The molecule has 1 saturated heterocycles. The van der Waals surface area contributed by atoms with Crippen LogP contribution in [0, 0.1) is 11.6 Å². The fourth-order valence-electron chi connectivity index (χ4n) is 4.02. The lowest BCUT2D eigenvalue weighted by Gasteiger charge is -2.25. The maximum atomic E-state index is 13.4. The number of likely N-dealkylation sites (tertiary alicyclic amines) is 1. The van der Waals surface area contributed by atoms with Crippen LogP contribution in [0.3, 0.4) is 0 Å². The molecule has 0 spiro atoms. The van der Waals surface area contributed by atoms with Crippen molar-refractivity contribution >= 4 is 22.6 Å². The molecule has 4 rings (SSSR count). The second kappa shape index (κ2) is 8.92. The van der Waals surface area contributed by atoms with E-state index in [-0.39, 0.29) is 23.4 Å². The molecule has 0 aliphatic carbocycles. The third-order valence-corrected chi connectivity index (χ3v) is 5.75. The first kappa shape index (κ1) is 21.7. The van der Waals surface area contributed by atoms with Crippen LogP contribution in [-0.2, 0) is 4.79 Å². The molecular formula is C24H22F2N2O4. The predicted molar refractivity (Wildman–Crippen MR) is 114 cm³/mol. The zero-order valence-corrected chi connectivity index (χ0v) is 17.1. The molecule has 32 heavy (non-hydrogen) atoms. The van der Waals surface area contributed by atoms with Gasteiger partial charge in [-0.3, -0.25) is 9.59 Å². The first-order chi connectivity index (χ1) is 15.4. The van der Waals surface area contributed by atoms with Crippen molar-refractivity contribution in [1.29, 1.82) is 0 Å². The van der Waals surface area contributed by atoms with Crippen LogP contribution in [0.5, 0.6) is 5.75 Å². The molecule has 3 aromatic carbocycles. The Hall–Kier alpha value is -3.52. The summed E-state index contributed by atoms with van der Waals surface area (Å²) in [6.45, 7) is 0.137. The van der Waals surface area contributed by atoms with Gasteiger partial charge in [0.05, 0.1) is 11.7 Å². The zero-order valence-electron chi connectivity index (χ0n) is 17.1. The SMILES string of the molecule is O=C(NCC(O)c1ccc(F)c(F)c1)C1CCCN1C(=O)c1ccc2ccccc2c1O. The quantitative estimate of drug-likeness (QED) is 0.568. The Morgan fingerprint density at radius 3 is 2.66 bits per heavy atom. The summed E-state index contributed by atoms with van der Waals surface area (Å²) in [5.74, 6) is -3.16. The molecule has 3 N–H and O–H groups in total. The maximum Gasteiger partial charge on any atom is 0.258 e. The monoisotopic (exact) mass is 440 g/mol. The highest BCUT2D eigenvalue weighted by molar-refractivity contribution is 6.05. The van der Waals surface area contributed by atoms with Crippen LogP contribution in [-0.4, -0.2) is 46.1 Å². The molecule has 0 saturated carbocycles. The van der Waals surface area contributed by atoms with Crippen molar-refractivity contribution in [1.82, 2.24) is 10.2 Å². The standard InChI is InChI=1S/C24H22F2N2O4/c25-18-10-8-15(12-19(18)26)21(29)13-27-23(31)20-6-3-11-28(20)24(32)17-9-7-14-4-1-2-5-16(14)22(17)30/h1-2,4-5,7-10,12,20-21,29-30H,3,6,11,13H2,(H,27,31). The smallest absolute Gasteiger partial charge is 0.258 e. The molecule has 0 aromatic heterocycles. The third-order valence-electron chi connectivity index (χ3n) is 5.75. The van der Waals surface area contributed by atoms with Crippen molar-refractivity contribution in [3.63, 3.8) is 0 Å². The van der Waals surface area contributed by atoms with Gasteiger partial charge in [-0.2, -0.15) is 0 Å². The molecule has 2 atom stereocenters. The number of aliphatic hydroxyl groups is 1. The largest absolute Gasteiger partial charge is 0.506 e. The molecule has 8 heteroatoms. The van der Waals surface area contributed by atoms with Crippen LogP contribution in [0.4, 0.5) is 8.78 Å². The number of nitrogens with zero attached hydrogens (tertiary/aromatic N) is 1. The van der Waals surface area contributed by atoms with E-state index in [1.165, 1.54) is 11.0 Å². The maximum absolute atomic E-state index is 13.4. The van der Waals surface area contributed by atoms with E-state index in [1.54, 1.807) is 24.3 Å². The van der Waals surface area contributed by atoms with Gasteiger partial charge < -0.3 is 20.4 Å². The van der Waals surface area contributed by atoms with Gasteiger partial charge in [0.1, 0.15) is 11.8 Å². The number of carbonyl (C=O) groups is 2. The second-order valence-electron chi connectivity index (χ2n) is 7.77. The molecule has 0 bridgehead atoms. The summed E-state index contributed by atoms with van der Waals surface area (Å²) in [7, 11) is 0. The molecule has 1 aliphatic heterocycles. The number of phenols is 1. The van der Waals surface area contributed by atoms with Crippen LogP contribution >= 0.6 is 0 Å². The van der Waals surface area contributed by atoms with Crippen LogP contribution < -0.4 is 5.32 Å². The summed E-state index contributed by atoms with van der Waals surface area (Å²) in [6, 6.07) is 12.7. The van der Waals surface area contributed by atoms with Crippen molar-refractivity contribution in [3.8, 4) is 5.75 Å². The minimum atomic E-state index is -1.23. The van der Waals surface area contributed by atoms with Gasteiger partial charge in [0.15, 0.2) is 11.6 Å². The lowest BCUT2D eigenvalue weighted by atomic mass is 10.0. The summed E-state index contributed by atoms with van der Waals surface area (Å²) in [6.07, 6.45) is -0.180. The number of halogens is 2. The highest BCUT2D eigenvalue weighted by Crippen LogP contribution is 2.31. The topological polar surface area (TPSA) is 89.9 Å². The molecule has 2 unspecified atom stereocenters. The molecule has 0 radical (unpaired) electrons. The zero-order chi connectivity index (χ0) is 22.8. The van der Waals surface area contributed by atoms with E-state index in [4.69, 9.17) is 0 Å². The Labute approximate surface area is 183 Å². The van der Waals surface area contributed by atoms with Crippen LogP contribution in [0.1, 0.15) is 34.9 Å².